The van der Waals surface area contributed by atoms with Crippen molar-refractivity contribution < 1.29 is 4.79 Å². The van der Waals surface area contributed by atoms with E-state index in [0.717, 1.165) is 18.4 Å². The number of allylic oxidation sites excluding steroid dienone is 2. The molecule has 0 aromatic heterocycles. The maximum Gasteiger partial charge on any atom is 0.0216 e. The van der Waals surface area contributed by atoms with Crippen LogP contribution in [0.15, 0.2) is 11.6 Å². The van der Waals surface area contributed by atoms with Gasteiger partial charge in [0.25, 0.3) is 0 Å². The highest BCUT2D eigenvalue weighted by Gasteiger charge is 2.33. The zero-order valence-corrected chi connectivity index (χ0v) is 8.70. The third-order valence-electron chi connectivity index (χ3n) is 2.73. The highest BCUT2D eigenvalue weighted by molar-refractivity contribution is 7.77. The molecule has 0 saturated carbocycles. The van der Waals surface area contributed by atoms with Crippen molar-refractivity contribution in [2.45, 2.75) is 33.6 Å². The lowest BCUT2D eigenvalue weighted by molar-refractivity contribution is -0.116. The predicted octanol–water partition coefficient (Wildman–Crippen LogP) is 2.44. The van der Waals surface area contributed by atoms with Crippen LogP contribution in [0.5, 0.6) is 0 Å². The number of rotatable bonds is 1. The first-order valence-electron chi connectivity index (χ1n) is 4.32. The van der Waals surface area contributed by atoms with E-state index in [9.17, 15) is 4.79 Å². The maximum atomic E-state index is 11.2. The van der Waals surface area contributed by atoms with Crippen LogP contribution in [0.3, 0.4) is 0 Å². The van der Waals surface area contributed by atoms with Gasteiger partial charge < -0.3 is 17.4 Å². The minimum Gasteiger partial charge on any atom is -0.741 e. The molecule has 68 valence electrons. The second kappa shape index (κ2) is 3.17. The average Bonchev–Trinajstić information content (AvgIpc) is 1.82. The summed E-state index contributed by atoms with van der Waals surface area (Å²) >= 11 is 4.75. The molecule has 0 aromatic carbocycles. The molecule has 0 radical (unpaired) electrons. The molecule has 0 heterocycles. The average molecular weight is 183 g/mol. The minimum absolute atomic E-state index is 0.0266. The van der Waals surface area contributed by atoms with Crippen LogP contribution < -0.4 is 0 Å². The van der Waals surface area contributed by atoms with Crippen LogP contribution in [0.2, 0.25) is 0 Å². The van der Waals surface area contributed by atoms with Gasteiger partial charge >= 0.3 is 0 Å². The smallest absolute Gasteiger partial charge is 0.0216 e. The number of carbonyl (C=O) groups is 1. The molecular formula is C10H15OS-. The zero-order valence-electron chi connectivity index (χ0n) is 7.89. The molecule has 0 aliphatic heterocycles. The summed E-state index contributed by atoms with van der Waals surface area (Å²) in [6.45, 7) is 6.26. The van der Waals surface area contributed by atoms with E-state index in [0.29, 0.717) is 0 Å². The van der Waals surface area contributed by atoms with E-state index < -0.39 is 0 Å². The zero-order chi connectivity index (χ0) is 9.35. The standard InChI is InChI=1S/C10H16OS/c1-7-5-4-6-10(2,3)8(7)9(11)12/h5,8H,4,6H2,1-3H3,(H,11,12)/p-1. The molecule has 1 aliphatic carbocycles. The summed E-state index contributed by atoms with van der Waals surface area (Å²) in [7, 11) is 0. The highest BCUT2D eigenvalue weighted by atomic mass is 32.1. The van der Waals surface area contributed by atoms with Crippen molar-refractivity contribution >= 4 is 17.7 Å². The Kier molecular flexibility index (Phi) is 2.57. The summed E-state index contributed by atoms with van der Waals surface area (Å²) in [6.07, 6.45) is 4.29. The first-order valence-corrected chi connectivity index (χ1v) is 4.73. The van der Waals surface area contributed by atoms with Gasteiger partial charge in [0.2, 0.25) is 0 Å². The first-order chi connectivity index (χ1) is 5.45. The Labute approximate surface area is 79.6 Å². The Hall–Kier alpha value is -0.370. The lowest BCUT2D eigenvalue weighted by Gasteiger charge is -2.39. The monoisotopic (exact) mass is 183 g/mol. The molecule has 1 unspecified atom stereocenters. The number of hydrogen-bond donors (Lipinski definition) is 0. The summed E-state index contributed by atoms with van der Waals surface area (Å²) in [6, 6.07) is 0. The summed E-state index contributed by atoms with van der Waals surface area (Å²) in [5, 5.41) is -0.103. The molecule has 0 spiro atoms. The van der Waals surface area contributed by atoms with Crippen molar-refractivity contribution in [1.29, 1.82) is 0 Å². The van der Waals surface area contributed by atoms with Crippen molar-refractivity contribution in [3.8, 4) is 0 Å². The van der Waals surface area contributed by atoms with Gasteiger partial charge in [0.1, 0.15) is 0 Å². The van der Waals surface area contributed by atoms with E-state index in [1.807, 2.05) is 6.92 Å². The molecule has 1 atom stereocenters. The van der Waals surface area contributed by atoms with Gasteiger partial charge in [-0.05, 0) is 25.2 Å². The fraction of sp³-hybridized carbons (Fsp3) is 0.700. The maximum absolute atomic E-state index is 11.2. The van der Waals surface area contributed by atoms with Gasteiger partial charge in [-0.3, -0.25) is 0 Å². The van der Waals surface area contributed by atoms with E-state index in [1.165, 1.54) is 0 Å². The normalized spacial score (nSPS) is 27.9. The second-order valence-electron chi connectivity index (χ2n) is 4.23. The van der Waals surface area contributed by atoms with Crippen LogP contribution >= 0.6 is 0 Å². The van der Waals surface area contributed by atoms with Gasteiger partial charge in [0.15, 0.2) is 0 Å². The quantitative estimate of drug-likeness (QED) is 0.459. The first kappa shape index (κ1) is 9.72. The second-order valence-corrected chi connectivity index (χ2v) is 4.63. The van der Waals surface area contributed by atoms with E-state index in [1.54, 1.807) is 0 Å². The molecule has 0 fully saturated rings. The fourth-order valence-corrected chi connectivity index (χ4v) is 2.56. The van der Waals surface area contributed by atoms with Crippen molar-refractivity contribution in [1.82, 2.24) is 0 Å². The topological polar surface area (TPSA) is 17.1 Å². The molecule has 2 heteroatoms. The van der Waals surface area contributed by atoms with Gasteiger partial charge in [-0.1, -0.05) is 25.5 Å². The summed E-state index contributed by atoms with van der Waals surface area (Å²) in [5.74, 6) is -0.0266. The molecule has 1 nitrogen and oxygen atoms in total. The van der Waals surface area contributed by atoms with E-state index >= 15 is 0 Å². The SMILES string of the molecule is CC1=CCCC(C)(C)C1C(=O)[S-]. The lowest BCUT2D eigenvalue weighted by atomic mass is 9.69. The molecule has 0 saturated heterocycles. The molecule has 1 rings (SSSR count). The Morgan fingerprint density at radius 3 is 2.58 bits per heavy atom. The van der Waals surface area contributed by atoms with Gasteiger partial charge in [0, 0.05) is 11.0 Å². The van der Waals surface area contributed by atoms with Gasteiger partial charge in [-0.2, -0.15) is 0 Å². The van der Waals surface area contributed by atoms with E-state index in [2.05, 4.69) is 19.9 Å². The molecular weight excluding hydrogens is 168 g/mol. The van der Waals surface area contributed by atoms with Crippen LogP contribution in [0.25, 0.3) is 0 Å². The van der Waals surface area contributed by atoms with E-state index in [4.69, 9.17) is 12.6 Å². The Bertz CT molecular complexity index is 228. The molecule has 0 bridgehead atoms. The molecule has 12 heavy (non-hydrogen) atoms. The third kappa shape index (κ3) is 1.69. The van der Waals surface area contributed by atoms with Gasteiger partial charge in [-0.15, -0.1) is 0 Å². The van der Waals surface area contributed by atoms with Crippen LogP contribution in [0, 0.1) is 11.3 Å². The van der Waals surface area contributed by atoms with Crippen molar-refractivity contribution in [2.75, 3.05) is 0 Å². The number of hydrogen-bond acceptors (Lipinski definition) is 2. The largest absolute Gasteiger partial charge is 0.741 e. The minimum atomic E-state index is -0.103. The molecule has 1 aliphatic rings. The lowest BCUT2D eigenvalue weighted by Crippen LogP contribution is -2.33. The summed E-state index contributed by atoms with van der Waals surface area (Å²) in [4.78, 5) is 11.2. The Morgan fingerprint density at radius 1 is 1.67 bits per heavy atom. The molecule has 0 aromatic rings. The summed E-state index contributed by atoms with van der Waals surface area (Å²) in [5.41, 5.74) is 1.23. The highest BCUT2D eigenvalue weighted by Crippen LogP contribution is 2.40. The fourth-order valence-electron chi connectivity index (χ4n) is 2.06. The van der Waals surface area contributed by atoms with E-state index in [-0.39, 0.29) is 16.4 Å². The van der Waals surface area contributed by atoms with Gasteiger partial charge in [-0.25, -0.2) is 0 Å². The van der Waals surface area contributed by atoms with Crippen LogP contribution in [-0.4, -0.2) is 5.12 Å². The molecule has 0 amide bonds. The predicted molar refractivity (Wildman–Crippen MR) is 52.6 cm³/mol. The van der Waals surface area contributed by atoms with Crippen molar-refractivity contribution in [3.63, 3.8) is 0 Å². The Morgan fingerprint density at radius 2 is 2.25 bits per heavy atom. The van der Waals surface area contributed by atoms with Crippen molar-refractivity contribution in [3.05, 3.63) is 11.6 Å². The van der Waals surface area contributed by atoms with Crippen molar-refractivity contribution in [2.24, 2.45) is 11.3 Å². The van der Waals surface area contributed by atoms with Gasteiger partial charge in [0.05, 0.1) is 0 Å². The Balaban J connectivity index is 2.96. The van der Waals surface area contributed by atoms with Crippen LogP contribution in [-0.2, 0) is 17.4 Å². The van der Waals surface area contributed by atoms with Crippen LogP contribution in [0.4, 0.5) is 0 Å². The molecule has 0 N–H and O–H groups in total. The van der Waals surface area contributed by atoms with Crippen LogP contribution in [0.1, 0.15) is 33.6 Å². The third-order valence-corrected chi connectivity index (χ3v) is 2.96. The summed E-state index contributed by atoms with van der Waals surface area (Å²) < 4.78 is 0. The number of carbonyl (C=O) groups excluding carboxylic acids is 1.